The predicted molar refractivity (Wildman–Crippen MR) is 63.6 cm³/mol. The second kappa shape index (κ2) is 5.36. The molecule has 1 aromatic carbocycles. The maximum absolute atomic E-state index is 13.0. The average Bonchev–Trinajstić information content (AvgIpc) is 3.05. The van der Waals surface area contributed by atoms with E-state index < -0.39 is 12.3 Å². The molecule has 0 spiro atoms. The molecule has 0 amide bonds. The normalized spacial score (nSPS) is 20.8. The van der Waals surface area contributed by atoms with Gasteiger partial charge in [0, 0.05) is 15.1 Å². The maximum atomic E-state index is 13.0. The highest BCUT2D eigenvalue weighted by Crippen LogP contribution is 2.40. The van der Waals surface area contributed by atoms with Gasteiger partial charge in [0.2, 0.25) is 0 Å². The van der Waals surface area contributed by atoms with Crippen LogP contribution in [0.5, 0.6) is 0 Å². The molecule has 1 aliphatic rings. The van der Waals surface area contributed by atoms with Crippen LogP contribution in [0.3, 0.4) is 0 Å². The molecule has 0 bridgehead atoms. The summed E-state index contributed by atoms with van der Waals surface area (Å²) in [6, 6.07) is 4.22. The van der Waals surface area contributed by atoms with Crippen LogP contribution in [0.25, 0.3) is 0 Å². The number of ether oxygens (including phenoxy) is 2. The molecule has 1 aliphatic heterocycles. The molecule has 2 rings (SSSR count). The monoisotopic (exact) mass is 344 g/mol. The number of hydrogen-bond donors (Lipinski definition) is 0. The van der Waals surface area contributed by atoms with E-state index in [2.05, 4.69) is 15.9 Å². The van der Waals surface area contributed by atoms with E-state index in [0.29, 0.717) is 11.1 Å². The Labute approximate surface area is 115 Å². The Morgan fingerprint density at radius 3 is 2.72 bits per heavy atom. The van der Waals surface area contributed by atoms with Gasteiger partial charge in [0.05, 0.1) is 13.2 Å². The molecule has 0 aliphatic carbocycles. The van der Waals surface area contributed by atoms with Crippen molar-refractivity contribution in [3.8, 4) is 0 Å². The van der Waals surface area contributed by atoms with Gasteiger partial charge in [-0.2, -0.15) is 13.2 Å². The Kier molecular flexibility index (Phi) is 4.21. The molecule has 0 N–H and O–H groups in total. The van der Waals surface area contributed by atoms with Crippen molar-refractivity contribution in [1.82, 2.24) is 0 Å². The van der Waals surface area contributed by atoms with Crippen molar-refractivity contribution in [1.29, 1.82) is 0 Å². The molecule has 1 saturated heterocycles. The highest BCUT2D eigenvalue weighted by atomic mass is 79.9. The number of rotatable bonds is 4. The van der Waals surface area contributed by atoms with Gasteiger partial charge in [0.1, 0.15) is 6.10 Å². The first-order chi connectivity index (χ1) is 8.38. The van der Waals surface area contributed by atoms with Crippen LogP contribution < -0.4 is 0 Å². The molecular formula is C11H9BrClF3O2. The minimum absolute atomic E-state index is 0.0318. The topological polar surface area (TPSA) is 21.8 Å². The third-order valence-electron chi connectivity index (χ3n) is 2.39. The maximum Gasteiger partial charge on any atom is 0.418 e. The number of hydrogen-bond acceptors (Lipinski definition) is 2. The largest absolute Gasteiger partial charge is 0.418 e. The minimum Gasteiger partial charge on any atom is -0.371 e. The van der Waals surface area contributed by atoms with Crippen LogP contribution in [0.1, 0.15) is 11.7 Å². The van der Waals surface area contributed by atoms with E-state index >= 15 is 0 Å². The molecule has 100 valence electrons. The van der Waals surface area contributed by atoms with Crippen LogP contribution in [0, 0.1) is 0 Å². The zero-order chi connectivity index (χ0) is 13.3. The second-order valence-corrected chi connectivity index (χ2v) is 5.17. The van der Waals surface area contributed by atoms with Gasteiger partial charge >= 0.3 is 6.18 Å². The van der Waals surface area contributed by atoms with Gasteiger partial charge in [-0.3, -0.25) is 0 Å². The van der Waals surface area contributed by atoms with Crippen LogP contribution in [0.4, 0.5) is 13.2 Å². The first-order valence-electron chi connectivity index (χ1n) is 5.13. The quantitative estimate of drug-likeness (QED) is 0.766. The Bertz CT molecular complexity index is 435. The van der Waals surface area contributed by atoms with Crippen molar-refractivity contribution in [2.75, 3.05) is 13.2 Å². The van der Waals surface area contributed by atoms with E-state index in [9.17, 15) is 13.2 Å². The molecule has 0 aromatic heterocycles. The van der Waals surface area contributed by atoms with Gasteiger partial charge in [0.25, 0.3) is 0 Å². The van der Waals surface area contributed by atoms with Gasteiger partial charge in [-0.25, -0.2) is 0 Å². The lowest BCUT2D eigenvalue weighted by Gasteiger charge is -2.22. The van der Waals surface area contributed by atoms with E-state index in [0.717, 1.165) is 0 Å². The SMILES string of the molecule is FC(F)(F)C(OCC1CO1)c1cc(Cl)ccc1Br. The fourth-order valence-electron chi connectivity index (χ4n) is 1.44. The molecule has 0 radical (unpaired) electrons. The Morgan fingerprint density at radius 1 is 1.50 bits per heavy atom. The van der Waals surface area contributed by atoms with Gasteiger partial charge in [-0.1, -0.05) is 27.5 Å². The Morgan fingerprint density at radius 2 is 2.17 bits per heavy atom. The van der Waals surface area contributed by atoms with Crippen molar-refractivity contribution in [3.63, 3.8) is 0 Å². The molecular weight excluding hydrogens is 336 g/mol. The Balaban J connectivity index is 2.23. The lowest BCUT2D eigenvalue weighted by atomic mass is 10.1. The summed E-state index contributed by atoms with van der Waals surface area (Å²) in [6.07, 6.45) is -6.73. The number of benzene rings is 1. The summed E-state index contributed by atoms with van der Waals surface area (Å²) in [4.78, 5) is 0. The molecule has 2 nitrogen and oxygen atoms in total. The van der Waals surface area contributed by atoms with E-state index in [1.54, 1.807) is 0 Å². The van der Waals surface area contributed by atoms with Crippen molar-refractivity contribution in [3.05, 3.63) is 33.3 Å². The molecule has 7 heteroatoms. The number of halogens is 5. The van der Waals surface area contributed by atoms with Crippen LogP contribution in [-0.2, 0) is 9.47 Å². The third kappa shape index (κ3) is 3.60. The highest BCUT2D eigenvalue weighted by molar-refractivity contribution is 9.10. The zero-order valence-corrected chi connectivity index (χ0v) is 11.3. The van der Waals surface area contributed by atoms with Crippen molar-refractivity contribution in [2.24, 2.45) is 0 Å². The molecule has 2 unspecified atom stereocenters. The first-order valence-corrected chi connectivity index (χ1v) is 6.30. The molecule has 1 fully saturated rings. The first kappa shape index (κ1) is 14.1. The third-order valence-corrected chi connectivity index (χ3v) is 3.35. The van der Waals surface area contributed by atoms with E-state index in [1.165, 1.54) is 18.2 Å². The van der Waals surface area contributed by atoms with Gasteiger partial charge in [0.15, 0.2) is 6.10 Å². The zero-order valence-electron chi connectivity index (χ0n) is 9.01. The molecule has 1 aromatic rings. The van der Waals surface area contributed by atoms with E-state index in [1.807, 2.05) is 0 Å². The van der Waals surface area contributed by atoms with Gasteiger partial charge < -0.3 is 9.47 Å². The van der Waals surface area contributed by atoms with Gasteiger partial charge in [-0.15, -0.1) is 0 Å². The number of alkyl halides is 3. The fourth-order valence-corrected chi connectivity index (χ4v) is 2.08. The molecule has 18 heavy (non-hydrogen) atoms. The summed E-state index contributed by atoms with van der Waals surface area (Å²) in [6.45, 7) is 0.365. The summed E-state index contributed by atoms with van der Waals surface area (Å²) in [5.41, 5.74) is -0.0318. The van der Waals surface area contributed by atoms with Crippen LogP contribution in [0.15, 0.2) is 22.7 Å². The van der Waals surface area contributed by atoms with Crippen LogP contribution >= 0.6 is 27.5 Å². The van der Waals surface area contributed by atoms with E-state index in [-0.39, 0.29) is 23.3 Å². The van der Waals surface area contributed by atoms with Crippen molar-refractivity contribution < 1.29 is 22.6 Å². The van der Waals surface area contributed by atoms with Crippen molar-refractivity contribution >= 4 is 27.5 Å². The second-order valence-electron chi connectivity index (χ2n) is 3.88. The van der Waals surface area contributed by atoms with Gasteiger partial charge in [-0.05, 0) is 18.2 Å². The summed E-state index contributed by atoms with van der Waals surface area (Å²) in [5, 5.41) is 0.230. The molecule has 1 heterocycles. The summed E-state index contributed by atoms with van der Waals surface area (Å²) >= 11 is 8.79. The summed E-state index contributed by atoms with van der Waals surface area (Å²) < 4.78 is 48.9. The van der Waals surface area contributed by atoms with Crippen LogP contribution in [-0.4, -0.2) is 25.5 Å². The predicted octanol–water partition coefficient (Wildman–Crippen LogP) is 4.12. The lowest BCUT2D eigenvalue weighted by Crippen LogP contribution is -2.25. The van der Waals surface area contributed by atoms with Crippen molar-refractivity contribution in [2.45, 2.75) is 18.4 Å². The number of epoxide rings is 1. The summed E-state index contributed by atoms with van der Waals surface area (Å²) in [7, 11) is 0. The minimum atomic E-state index is -4.50. The average molecular weight is 346 g/mol. The lowest BCUT2D eigenvalue weighted by molar-refractivity contribution is -0.224. The standard InChI is InChI=1S/C11H9BrClF3O2/c12-9-2-1-6(13)3-8(9)10(11(14,15)16)18-5-7-4-17-7/h1-3,7,10H,4-5H2. The summed E-state index contributed by atoms with van der Waals surface area (Å²) in [5.74, 6) is 0. The fraction of sp³-hybridized carbons (Fsp3) is 0.455. The Hall–Kier alpha value is -0.300. The highest BCUT2D eigenvalue weighted by Gasteiger charge is 2.44. The van der Waals surface area contributed by atoms with E-state index in [4.69, 9.17) is 21.1 Å². The molecule has 0 saturated carbocycles. The smallest absolute Gasteiger partial charge is 0.371 e. The molecule has 2 atom stereocenters. The van der Waals surface area contributed by atoms with Crippen LogP contribution in [0.2, 0.25) is 5.02 Å².